The first-order valence-corrected chi connectivity index (χ1v) is 16.2. The Hall–Kier alpha value is -2.58. The van der Waals surface area contributed by atoms with Gasteiger partial charge >= 0.3 is 21.6 Å². The number of hydrogen-bond acceptors (Lipinski definition) is 8. The van der Waals surface area contributed by atoms with Crippen LogP contribution >= 0.6 is 0 Å². The van der Waals surface area contributed by atoms with Crippen LogP contribution in [0.5, 0.6) is 5.75 Å². The summed E-state index contributed by atoms with van der Waals surface area (Å²) in [7, 11) is -6.74. The highest BCUT2D eigenvalue weighted by Crippen LogP contribution is 2.47. The number of esters is 1. The molecule has 0 radical (unpaired) electrons. The lowest BCUT2D eigenvalue weighted by molar-refractivity contribution is -0.162. The quantitative estimate of drug-likeness (QED) is 0.117. The molecule has 0 saturated carbocycles. The summed E-state index contributed by atoms with van der Waals surface area (Å²) in [6.45, 7) is 7.49. The van der Waals surface area contributed by atoms with Crippen molar-refractivity contribution in [3.63, 3.8) is 0 Å². The van der Waals surface area contributed by atoms with Crippen molar-refractivity contribution in [1.82, 2.24) is 4.90 Å². The molecule has 2 aliphatic rings. The van der Waals surface area contributed by atoms with Crippen LogP contribution in [0.3, 0.4) is 0 Å². The molecule has 0 bridgehead atoms. The number of nitrogens with zero attached hydrogens (tertiary/aromatic N) is 1. The second-order valence-corrected chi connectivity index (χ2v) is 15.5. The van der Waals surface area contributed by atoms with Gasteiger partial charge < -0.3 is 18.1 Å². The van der Waals surface area contributed by atoms with Crippen LogP contribution in [0.4, 0.5) is 13.2 Å². The molecule has 1 amide bonds. The van der Waals surface area contributed by atoms with E-state index in [4.69, 9.17) is 13.9 Å². The molecular formula is C24H32F3NO8SSi. The van der Waals surface area contributed by atoms with E-state index in [1.807, 2.05) is 20.8 Å². The summed E-state index contributed by atoms with van der Waals surface area (Å²) in [4.78, 5) is 27.1. The fourth-order valence-electron chi connectivity index (χ4n) is 4.87. The summed E-state index contributed by atoms with van der Waals surface area (Å²) in [6, 6.07) is 8.12. The molecular weight excluding hydrogens is 547 g/mol. The number of amides is 1. The maximum atomic E-state index is 13.2. The van der Waals surface area contributed by atoms with Crippen molar-refractivity contribution in [2.24, 2.45) is 5.92 Å². The predicted molar refractivity (Wildman–Crippen MR) is 132 cm³/mol. The van der Waals surface area contributed by atoms with E-state index in [9.17, 15) is 31.2 Å². The summed E-state index contributed by atoms with van der Waals surface area (Å²) in [6.07, 6.45) is -0.976. The third-order valence-corrected chi connectivity index (χ3v) is 13.0. The Morgan fingerprint density at radius 2 is 1.71 bits per heavy atom. The zero-order valence-corrected chi connectivity index (χ0v) is 23.6. The van der Waals surface area contributed by atoms with Crippen LogP contribution in [0.1, 0.15) is 39.7 Å². The zero-order valence-electron chi connectivity index (χ0n) is 21.8. The number of hydrogen-bond donors (Lipinski definition) is 0. The number of benzene rings is 1. The number of ether oxygens (including phenoxy) is 2. The molecule has 1 fully saturated rings. The molecule has 0 aliphatic carbocycles. The number of β-lactam (4-membered cyclic amide) rings is 1. The second-order valence-electron chi connectivity index (χ2n) is 9.25. The molecule has 9 nitrogen and oxygen atoms in total. The summed E-state index contributed by atoms with van der Waals surface area (Å²) in [5, 5.41) is 0. The lowest BCUT2D eigenvalue weighted by Crippen LogP contribution is -2.63. The Labute approximate surface area is 221 Å². The Bertz CT molecular complexity index is 1170. The average Bonchev–Trinajstić information content (AvgIpc) is 3.18. The standard InChI is InChI=1S/C24H32F3NO8SSi/c1-6-38(7-2,8-3)36-15(4)20-18-13-19(35-37(31,32)24(25,26)27)21(28(18)22(20)29)23(30)34-14-16-9-11-17(33-5)12-10-16/h9-12,15,18,20H,6-8,13-14H2,1-5H3/t15-,18-,20-/m1/s1. The first-order chi connectivity index (χ1) is 17.7. The first-order valence-electron chi connectivity index (χ1n) is 12.3. The fourth-order valence-corrected chi connectivity index (χ4v) is 8.31. The molecule has 0 unspecified atom stereocenters. The monoisotopic (exact) mass is 579 g/mol. The van der Waals surface area contributed by atoms with Crippen molar-refractivity contribution in [1.29, 1.82) is 0 Å². The second kappa shape index (κ2) is 11.3. The Morgan fingerprint density at radius 1 is 1.13 bits per heavy atom. The van der Waals surface area contributed by atoms with Crippen molar-refractivity contribution in [3.05, 3.63) is 41.3 Å². The van der Waals surface area contributed by atoms with Crippen LogP contribution in [0.2, 0.25) is 18.1 Å². The molecule has 3 atom stereocenters. The van der Waals surface area contributed by atoms with Crippen LogP contribution in [0.25, 0.3) is 0 Å². The smallest absolute Gasteiger partial charge is 0.497 e. The van der Waals surface area contributed by atoms with Gasteiger partial charge in [-0.05, 0) is 42.8 Å². The van der Waals surface area contributed by atoms with Gasteiger partial charge in [0.2, 0.25) is 5.91 Å². The van der Waals surface area contributed by atoms with Crippen molar-refractivity contribution >= 4 is 30.3 Å². The summed E-state index contributed by atoms with van der Waals surface area (Å²) >= 11 is 0. The molecule has 0 aromatic heterocycles. The van der Waals surface area contributed by atoms with Gasteiger partial charge in [-0.1, -0.05) is 32.9 Å². The van der Waals surface area contributed by atoms with Crippen LogP contribution < -0.4 is 4.74 Å². The maximum Gasteiger partial charge on any atom is 0.534 e. The number of carbonyl (C=O) groups excluding carboxylic acids is 2. The molecule has 3 rings (SSSR count). The lowest BCUT2D eigenvalue weighted by Gasteiger charge is -2.47. The highest BCUT2D eigenvalue weighted by molar-refractivity contribution is 7.87. The molecule has 0 N–H and O–H groups in total. The number of alkyl halides is 3. The van der Waals surface area contributed by atoms with Gasteiger partial charge in [0.15, 0.2) is 19.8 Å². The average molecular weight is 580 g/mol. The van der Waals surface area contributed by atoms with Gasteiger partial charge in [-0.25, -0.2) is 4.79 Å². The van der Waals surface area contributed by atoms with E-state index in [-0.39, 0.29) is 6.61 Å². The molecule has 14 heteroatoms. The van der Waals surface area contributed by atoms with Crippen LogP contribution in [-0.2, 0) is 39.7 Å². The summed E-state index contributed by atoms with van der Waals surface area (Å²) in [5.41, 5.74) is -5.83. The normalized spacial score (nSPS) is 20.6. The van der Waals surface area contributed by atoms with Crippen LogP contribution in [0, 0.1) is 5.92 Å². The highest BCUT2D eigenvalue weighted by atomic mass is 32.2. The molecule has 1 aromatic carbocycles. The van der Waals surface area contributed by atoms with E-state index in [1.165, 1.54) is 7.11 Å². The van der Waals surface area contributed by atoms with Gasteiger partial charge in [0.05, 0.1) is 25.2 Å². The number of halogens is 3. The fraction of sp³-hybridized carbons (Fsp3) is 0.583. The minimum atomic E-state index is -6.08. The SMILES string of the molecule is CC[Si](CC)(CC)O[C@H](C)[C@H]1C(=O)N2C(C(=O)OCc3ccc(OC)cc3)=C(OS(=O)(=O)C(F)(F)F)C[C@H]12. The lowest BCUT2D eigenvalue weighted by atomic mass is 9.83. The first kappa shape index (κ1) is 30.0. The zero-order chi connectivity index (χ0) is 28.5. The van der Waals surface area contributed by atoms with E-state index in [0.29, 0.717) is 11.3 Å². The number of fused-ring (bicyclic) bond motifs is 1. The van der Waals surface area contributed by atoms with Gasteiger partial charge in [-0.15, -0.1) is 0 Å². The van der Waals surface area contributed by atoms with E-state index in [2.05, 4.69) is 4.18 Å². The number of carbonyl (C=O) groups is 2. The largest absolute Gasteiger partial charge is 0.534 e. The Balaban J connectivity index is 1.86. The minimum Gasteiger partial charge on any atom is -0.497 e. The van der Waals surface area contributed by atoms with Crippen molar-refractivity contribution in [2.75, 3.05) is 7.11 Å². The van der Waals surface area contributed by atoms with E-state index in [1.54, 1.807) is 31.2 Å². The van der Waals surface area contributed by atoms with Crippen molar-refractivity contribution < 1.29 is 49.3 Å². The minimum absolute atomic E-state index is 0.279. The van der Waals surface area contributed by atoms with Gasteiger partial charge in [-0.2, -0.15) is 21.6 Å². The molecule has 212 valence electrons. The molecule has 0 spiro atoms. The molecule has 1 saturated heterocycles. The topological polar surface area (TPSA) is 108 Å². The molecule has 1 aromatic rings. The molecule has 2 aliphatic heterocycles. The summed E-state index contributed by atoms with van der Waals surface area (Å²) in [5.74, 6) is -2.72. The van der Waals surface area contributed by atoms with Crippen LogP contribution in [-0.4, -0.2) is 58.3 Å². The Morgan fingerprint density at radius 3 is 2.21 bits per heavy atom. The maximum absolute atomic E-state index is 13.2. The third-order valence-electron chi connectivity index (χ3n) is 7.26. The van der Waals surface area contributed by atoms with E-state index < -0.39 is 71.8 Å². The van der Waals surface area contributed by atoms with Crippen LogP contribution in [0.15, 0.2) is 35.7 Å². The summed E-state index contributed by atoms with van der Waals surface area (Å²) < 4.78 is 83.9. The van der Waals surface area contributed by atoms with E-state index in [0.717, 1.165) is 23.0 Å². The van der Waals surface area contributed by atoms with Crippen molar-refractivity contribution in [2.45, 2.75) is 76.5 Å². The highest BCUT2D eigenvalue weighted by Gasteiger charge is 2.60. The predicted octanol–water partition coefficient (Wildman–Crippen LogP) is 4.46. The van der Waals surface area contributed by atoms with Crippen molar-refractivity contribution in [3.8, 4) is 5.75 Å². The van der Waals surface area contributed by atoms with Gasteiger partial charge in [0.1, 0.15) is 12.4 Å². The molecule has 2 heterocycles. The Kier molecular flexibility index (Phi) is 8.88. The molecule has 38 heavy (non-hydrogen) atoms. The number of rotatable bonds is 12. The van der Waals surface area contributed by atoms with Gasteiger partial charge in [0, 0.05) is 6.42 Å². The van der Waals surface area contributed by atoms with Gasteiger partial charge in [0.25, 0.3) is 0 Å². The van der Waals surface area contributed by atoms with Gasteiger partial charge in [-0.3, -0.25) is 9.69 Å². The van der Waals surface area contributed by atoms with E-state index >= 15 is 0 Å². The third kappa shape index (κ3) is 5.71. The number of methoxy groups -OCH3 is 1.